The number of nitrogens with one attached hydrogen (secondary N) is 2. The SMILES string of the molecule is CCCNc1nc(OCC)nc(N(C)CCC(=O)NC)n1. The lowest BCUT2D eigenvalue weighted by Gasteiger charge is -2.17. The van der Waals surface area contributed by atoms with Crippen LogP contribution in [0.4, 0.5) is 11.9 Å². The molecule has 1 aromatic rings. The Morgan fingerprint density at radius 2 is 2.05 bits per heavy atom. The average Bonchev–Trinajstić information content (AvgIpc) is 2.50. The molecule has 0 aliphatic heterocycles. The second-order valence-corrected chi connectivity index (χ2v) is 4.45. The summed E-state index contributed by atoms with van der Waals surface area (Å²) in [6.45, 7) is 5.71. The number of hydrogen-bond donors (Lipinski definition) is 2. The van der Waals surface area contributed by atoms with Crippen LogP contribution in [0.15, 0.2) is 0 Å². The molecule has 118 valence electrons. The molecule has 0 aliphatic carbocycles. The fraction of sp³-hybridized carbons (Fsp3) is 0.692. The molecule has 0 bridgehead atoms. The van der Waals surface area contributed by atoms with Crippen LogP contribution in [-0.2, 0) is 4.79 Å². The molecule has 0 aromatic carbocycles. The summed E-state index contributed by atoms with van der Waals surface area (Å²) in [5, 5.41) is 5.70. The van der Waals surface area contributed by atoms with Gasteiger partial charge in [-0.05, 0) is 13.3 Å². The third-order valence-corrected chi connectivity index (χ3v) is 2.70. The fourth-order valence-corrected chi connectivity index (χ4v) is 1.52. The molecule has 21 heavy (non-hydrogen) atoms. The van der Waals surface area contributed by atoms with Gasteiger partial charge in [-0.25, -0.2) is 0 Å². The van der Waals surface area contributed by atoms with Gasteiger partial charge in [-0.3, -0.25) is 4.79 Å². The molecule has 0 saturated carbocycles. The minimum Gasteiger partial charge on any atom is -0.464 e. The number of rotatable bonds is 9. The molecule has 0 aliphatic rings. The molecular weight excluding hydrogens is 272 g/mol. The molecule has 0 spiro atoms. The zero-order chi connectivity index (χ0) is 15.7. The van der Waals surface area contributed by atoms with Crippen LogP contribution in [0.1, 0.15) is 26.7 Å². The van der Waals surface area contributed by atoms with Crippen molar-refractivity contribution in [3.63, 3.8) is 0 Å². The molecule has 0 fully saturated rings. The summed E-state index contributed by atoms with van der Waals surface area (Å²) in [6.07, 6.45) is 1.35. The molecule has 1 aromatic heterocycles. The topological polar surface area (TPSA) is 92.3 Å². The summed E-state index contributed by atoms with van der Waals surface area (Å²) >= 11 is 0. The van der Waals surface area contributed by atoms with Gasteiger partial charge < -0.3 is 20.3 Å². The first kappa shape index (κ1) is 16.9. The number of hydrogen-bond acceptors (Lipinski definition) is 7. The molecule has 0 unspecified atom stereocenters. The van der Waals surface area contributed by atoms with Crippen molar-refractivity contribution in [2.45, 2.75) is 26.7 Å². The highest BCUT2D eigenvalue weighted by Gasteiger charge is 2.12. The van der Waals surface area contributed by atoms with Crippen LogP contribution in [-0.4, -0.2) is 54.7 Å². The number of carbonyl (C=O) groups is 1. The molecule has 8 nitrogen and oxygen atoms in total. The Morgan fingerprint density at radius 1 is 1.29 bits per heavy atom. The van der Waals surface area contributed by atoms with Crippen molar-refractivity contribution < 1.29 is 9.53 Å². The maximum Gasteiger partial charge on any atom is 0.323 e. The predicted molar refractivity (Wildman–Crippen MR) is 81.7 cm³/mol. The first-order valence-corrected chi connectivity index (χ1v) is 7.15. The second kappa shape index (κ2) is 8.93. The summed E-state index contributed by atoms with van der Waals surface area (Å²) in [6, 6.07) is 0.285. The van der Waals surface area contributed by atoms with E-state index < -0.39 is 0 Å². The van der Waals surface area contributed by atoms with E-state index in [1.807, 2.05) is 14.0 Å². The number of carbonyl (C=O) groups excluding carboxylic acids is 1. The van der Waals surface area contributed by atoms with E-state index in [2.05, 4.69) is 32.5 Å². The van der Waals surface area contributed by atoms with Gasteiger partial charge >= 0.3 is 6.01 Å². The van der Waals surface area contributed by atoms with E-state index in [1.54, 1.807) is 11.9 Å². The largest absolute Gasteiger partial charge is 0.464 e. The van der Waals surface area contributed by atoms with E-state index >= 15 is 0 Å². The van der Waals surface area contributed by atoms with Gasteiger partial charge in [0.1, 0.15) is 0 Å². The monoisotopic (exact) mass is 296 g/mol. The van der Waals surface area contributed by atoms with Crippen LogP contribution in [0.5, 0.6) is 6.01 Å². The number of nitrogens with zero attached hydrogens (tertiary/aromatic N) is 4. The fourth-order valence-electron chi connectivity index (χ4n) is 1.52. The van der Waals surface area contributed by atoms with Crippen molar-refractivity contribution in [2.75, 3.05) is 44.0 Å². The van der Waals surface area contributed by atoms with E-state index in [4.69, 9.17) is 4.74 Å². The standard InChI is InChI=1S/C13H24N6O2/c1-5-8-15-11-16-12(18-13(17-11)21-6-2)19(4)9-7-10(20)14-3/h5-9H2,1-4H3,(H,14,20)(H,15,16,17,18). The molecule has 1 amide bonds. The van der Waals surface area contributed by atoms with Gasteiger partial charge in [-0.2, -0.15) is 15.0 Å². The lowest BCUT2D eigenvalue weighted by molar-refractivity contribution is -0.120. The summed E-state index contributed by atoms with van der Waals surface area (Å²) in [7, 11) is 3.45. The molecule has 1 heterocycles. The lowest BCUT2D eigenvalue weighted by atomic mass is 10.4. The predicted octanol–water partition coefficient (Wildman–Crippen LogP) is 0.664. The first-order valence-electron chi connectivity index (χ1n) is 7.15. The molecule has 0 atom stereocenters. The minimum atomic E-state index is -0.0229. The molecule has 8 heteroatoms. The lowest BCUT2D eigenvalue weighted by Crippen LogP contribution is -2.28. The number of amides is 1. The van der Waals surface area contributed by atoms with E-state index in [0.717, 1.165) is 13.0 Å². The highest BCUT2D eigenvalue weighted by molar-refractivity contribution is 5.76. The van der Waals surface area contributed by atoms with E-state index in [9.17, 15) is 4.79 Å². The summed E-state index contributed by atoms with van der Waals surface area (Å²) < 4.78 is 5.36. The van der Waals surface area contributed by atoms with Gasteiger partial charge in [0.15, 0.2) is 0 Å². The molecule has 0 radical (unpaired) electrons. The van der Waals surface area contributed by atoms with Gasteiger partial charge in [0.2, 0.25) is 17.8 Å². The van der Waals surface area contributed by atoms with Gasteiger partial charge in [-0.15, -0.1) is 0 Å². The van der Waals surface area contributed by atoms with Crippen LogP contribution in [0.2, 0.25) is 0 Å². The first-order chi connectivity index (χ1) is 10.1. The zero-order valence-electron chi connectivity index (χ0n) is 13.1. The van der Waals surface area contributed by atoms with Gasteiger partial charge in [0.25, 0.3) is 0 Å². The Kier molecular flexibility index (Phi) is 7.20. The van der Waals surface area contributed by atoms with Crippen LogP contribution >= 0.6 is 0 Å². The van der Waals surface area contributed by atoms with Crippen molar-refractivity contribution >= 4 is 17.8 Å². The van der Waals surface area contributed by atoms with Crippen LogP contribution in [0.25, 0.3) is 0 Å². The number of anilines is 2. The molecule has 2 N–H and O–H groups in total. The Hall–Kier alpha value is -2.12. The maximum atomic E-state index is 11.3. The van der Waals surface area contributed by atoms with Crippen LogP contribution in [0, 0.1) is 0 Å². The van der Waals surface area contributed by atoms with Gasteiger partial charge in [-0.1, -0.05) is 6.92 Å². The molecule has 1 rings (SSSR count). The van der Waals surface area contributed by atoms with Crippen molar-refractivity contribution in [1.29, 1.82) is 0 Å². The summed E-state index contributed by atoms with van der Waals surface area (Å²) in [4.78, 5) is 25.9. The highest BCUT2D eigenvalue weighted by atomic mass is 16.5. The quantitative estimate of drug-likeness (QED) is 0.691. The minimum absolute atomic E-state index is 0.0229. The highest BCUT2D eigenvalue weighted by Crippen LogP contribution is 2.14. The van der Waals surface area contributed by atoms with Crippen molar-refractivity contribution in [2.24, 2.45) is 0 Å². The number of ether oxygens (including phenoxy) is 1. The third-order valence-electron chi connectivity index (χ3n) is 2.70. The Labute approximate surface area is 125 Å². The van der Waals surface area contributed by atoms with Crippen LogP contribution in [0.3, 0.4) is 0 Å². The van der Waals surface area contributed by atoms with Crippen molar-refractivity contribution in [3.8, 4) is 6.01 Å². The number of aromatic nitrogens is 3. The Morgan fingerprint density at radius 3 is 2.67 bits per heavy atom. The second-order valence-electron chi connectivity index (χ2n) is 4.45. The Bertz CT molecular complexity index is 454. The average molecular weight is 296 g/mol. The van der Waals surface area contributed by atoms with Crippen molar-refractivity contribution in [3.05, 3.63) is 0 Å². The van der Waals surface area contributed by atoms with Crippen LogP contribution < -0.4 is 20.3 Å². The zero-order valence-corrected chi connectivity index (χ0v) is 13.1. The van der Waals surface area contributed by atoms with E-state index in [1.165, 1.54) is 0 Å². The van der Waals surface area contributed by atoms with Crippen molar-refractivity contribution in [1.82, 2.24) is 20.3 Å². The smallest absolute Gasteiger partial charge is 0.323 e. The van der Waals surface area contributed by atoms with Gasteiger partial charge in [0.05, 0.1) is 6.61 Å². The van der Waals surface area contributed by atoms with E-state index in [0.29, 0.717) is 31.5 Å². The van der Waals surface area contributed by atoms with E-state index in [-0.39, 0.29) is 11.9 Å². The summed E-state index contributed by atoms with van der Waals surface area (Å²) in [5.41, 5.74) is 0. The third kappa shape index (κ3) is 5.80. The molecule has 0 saturated heterocycles. The maximum absolute atomic E-state index is 11.3. The summed E-state index contributed by atoms with van der Waals surface area (Å²) in [5.74, 6) is 0.943. The van der Waals surface area contributed by atoms with Gasteiger partial charge in [0, 0.05) is 33.6 Å². The molecular formula is C13H24N6O2. The normalized spacial score (nSPS) is 10.1. The Balaban J connectivity index is 2.82.